The highest BCUT2D eigenvalue weighted by Crippen LogP contribution is 2.08. The molecule has 1 unspecified atom stereocenters. The molecule has 1 aromatic heterocycles. The average Bonchev–Trinajstić information content (AvgIpc) is 2.84. The molecule has 0 radical (unpaired) electrons. The Morgan fingerprint density at radius 2 is 2.33 bits per heavy atom. The van der Waals surface area contributed by atoms with E-state index < -0.39 is 12.1 Å². The van der Waals surface area contributed by atoms with Crippen molar-refractivity contribution < 1.29 is 24.0 Å². The highest BCUT2D eigenvalue weighted by molar-refractivity contribution is 5.74. The van der Waals surface area contributed by atoms with E-state index in [1.54, 1.807) is 11.8 Å². The summed E-state index contributed by atoms with van der Waals surface area (Å²) in [6.07, 6.45) is -0.110. The Kier molecular flexibility index (Phi) is 5.09. The van der Waals surface area contributed by atoms with E-state index in [2.05, 4.69) is 15.5 Å². The fourth-order valence-corrected chi connectivity index (χ4v) is 2.05. The van der Waals surface area contributed by atoms with E-state index in [4.69, 9.17) is 14.4 Å². The molecule has 9 nitrogen and oxygen atoms in total. The number of rotatable bonds is 5. The number of nitrogens with one attached hydrogen (secondary N) is 1. The van der Waals surface area contributed by atoms with Gasteiger partial charge >= 0.3 is 12.0 Å². The first-order valence-corrected chi connectivity index (χ1v) is 6.70. The van der Waals surface area contributed by atoms with Gasteiger partial charge in [0, 0.05) is 26.1 Å². The molecule has 0 saturated carbocycles. The van der Waals surface area contributed by atoms with E-state index in [0.717, 1.165) is 0 Å². The van der Waals surface area contributed by atoms with E-state index in [1.807, 2.05) is 0 Å². The molecular weight excluding hydrogens is 280 g/mol. The maximum atomic E-state index is 12.0. The molecule has 1 aliphatic heterocycles. The number of urea groups is 1. The van der Waals surface area contributed by atoms with E-state index in [0.29, 0.717) is 37.8 Å². The van der Waals surface area contributed by atoms with Crippen LogP contribution in [0.15, 0.2) is 4.52 Å². The van der Waals surface area contributed by atoms with E-state index in [9.17, 15) is 9.59 Å². The van der Waals surface area contributed by atoms with Crippen molar-refractivity contribution in [2.75, 3.05) is 26.2 Å². The van der Waals surface area contributed by atoms with Crippen molar-refractivity contribution in [3.63, 3.8) is 0 Å². The third-order valence-electron chi connectivity index (χ3n) is 3.01. The molecule has 21 heavy (non-hydrogen) atoms. The molecule has 0 aliphatic carbocycles. The largest absolute Gasteiger partial charge is 0.481 e. The van der Waals surface area contributed by atoms with Crippen LogP contribution in [0.1, 0.15) is 18.1 Å². The quantitative estimate of drug-likeness (QED) is 0.773. The van der Waals surface area contributed by atoms with Crippen molar-refractivity contribution in [1.29, 1.82) is 0 Å². The lowest BCUT2D eigenvalue weighted by Crippen LogP contribution is -2.50. The summed E-state index contributed by atoms with van der Waals surface area (Å²) in [4.78, 5) is 28.2. The molecule has 2 heterocycles. The Morgan fingerprint density at radius 3 is 3.00 bits per heavy atom. The van der Waals surface area contributed by atoms with Crippen LogP contribution in [0.2, 0.25) is 0 Å². The average molecular weight is 298 g/mol. The Balaban J connectivity index is 1.73. The molecular formula is C12H18N4O5. The van der Waals surface area contributed by atoms with Crippen LogP contribution in [0, 0.1) is 6.92 Å². The van der Waals surface area contributed by atoms with Crippen LogP contribution in [0.4, 0.5) is 4.79 Å². The maximum Gasteiger partial charge on any atom is 0.317 e. The summed E-state index contributed by atoms with van der Waals surface area (Å²) < 4.78 is 10.3. The number of carbonyl (C=O) groups excluding carboxylic acids is 1. The summed E-state index contributed by atoms with van der Waals surface area (Å²) in [5, 5.41) is 15.1. The van der Waals surface area contributed by atoms with Gasteiger partial charge in [-0.15, -0.1) is 0 Å². The number of carbonyl (C=O) groups is 2. The fraction of sp³-hybridized carbons (Fsp3) is 0.667. The number of aliphatic carboxylic acids is 1. The van der Waals surface area contributed by atoms with Gasteiger partial charge in [-0.3, -0.25) is 4.79 Å². The number of hydrogen-bond donors (Lipinski definition) is 2. The van der Waals surface area contributed by atoms with Gasteiger partial charge in [0.1, 0.15) is 0 Å². The molecule has 2 amide bonds. The van der Waals surface area contributed by atoms with Crippen molar-refractivity contribution >= 4 is 12.0 Å². The van der Waals surface area contributed by atoms with Gasteiger partial charge in [0.05, 0.1) is 19.1 Å². The monoisotopic (exact) mass is 298 g/mol. The van der Waals surface area contributed by atoms with Crippen LogP contribution in [-0.4, -0.2) is 64.5 Å². The zero-order chi connectivity index (χ0) is 15.2. The lowest BCUT2D eigenvalue weighted by molar-refractivity contribution is -0.141. The van der Waals surface area contributed by atoms with E-state index in [1.165, 1.54) is 0 Å². The predicted molar refractivity (Wildman–Crippen MR) is 69.7 cm³/mol. The first-order valence-electron chi connectivity index (χ1n) is 6.70. The summed E-state index contributed by atoms with van der Waals surface area (Å²) in [5.41, 5.74) is 0. The standard InChI is InChI=1S/C12H18N4O5/c1-8-14-10(21-15-8)2-3-13-12(19)16-4-5-20-9(7-16)6-11(17)18/h9H,2-7H2,1H3,(H,13,19)(H,17,18). The van der Waals surface area contributed by atoms with Gasteiger partial charge in [-0.05, 0) is 6.92 Å². The van der Waals surface area contributed by atoms with Crippen molar-refractivity contribution in [2.45, 2.75) is 25.9 Å². The third kappa shape index (κ3) is 4.71. The van der Waals surface area contributed by atoms with Gasteiger partial charge in [-0.2, -0.15) is 4.98 Å². The minimum absolute atomic E-state index is 0.106. The highest BCUT2D eigenvalue weighted by Gasteiger charge is 2.25. The van der Waals surface area contributed by atoms with Crippen molar-refractivity contribution in [3.8, 4) is 0 Å². The first-order chi connectivity index (χ1) is 10.0. The van der Waals surface area contributed by atoms with Crippen LogP contribution >= 0.6 is 0 Å². The third-order valence-corrected chi connectivity index (χ3v) is 3.01. The second-order valence-electron chi connectivity index (χ2n) is 4.75. The van der Waals surface area contributed by atoms with Gasteiger partial charge in [0.2, 0.25) is 5.89 Å². The Bertz CT molecular complexity index is 504. The maximum absolute atomic E-state index is 12.0. The minimum Gasteiger partial charge on any atom is -0.481 e. The van der Waals surface area contributed by atoms with Gasteiger partial charge in [-0.1, -0.05) is 5.16 Å². The lowest BCUT2D eigenvalue weighted by Gasteiger charge is -2.32. The molecule has 2 N–H and O–H groups in total. The molecule has 1 fully saturated rings. The lowest BCUT2D eigenvalue weighted by atomic mass is 10.2. The molecule has 0 bridgehead atoms. The van der Waals surface area contributed by atoms with Crippen LogP contribution < -0.4 is 5.32 Å². The Labute approximate surface area is 121 Å². The molecule has 1 aliphatic rings. The highest BCUT2D eigenvalue weighted by atomic mass is 16.5. The van der Waals surface area contributed by atoms with Gasteiger partial charge in [0.25, 0.3) is 0 Å². The number of carboxylic acids is 1. The number of aromatic nitrogens is 2. The number of amides is 2. The molecule has 1 atom stereocenters. The predicted octanol–water partition coefficient (Wildman–Crippen LogP) is -0.194. The van der Waals surface area contributed by atoms with E-state index in [-0.39, 0.29) is 19.0 Å². The molecule has 2 rings (SSSR count). The fourth-order valence-electron chi connectivity index (χ4n) is 2.05. The SMILES string of the molecule is Cc1noc(CCNC(=O)N2CCOC(CC(=O)O)C2)n1. The topological polar surface area (TPSA) is 118 Å². The van der Waals surface area contributed by atoms with Crippen molar-refractivity contribution in [3.05, 3.63) is 11.7 Å². The van der Waals surface area contributed by atoms with Crippen molar-refractivity contribution in [2.24, 2.45) is 0 Å². The first kappa shape index (κ1) is 15.2. The van der Waals surface area contributed by atoms with Crippen molar-refractivity contribution in [1.82, 2.24) is 20.4 Å². The molecule has 1 aromatic rings. The summed E-state index contributed by atoms with van der Waals surface area (Å²) in [7, 11) is 0. The molecule has 0 spiro atoms. The second kappa shape index (κ2) is 7.02. The molecule has 1 saturated heterocycles. The second-order valence-corrected chi connectivity index (χ2v) is 4.75. The Morgan fingerprint density at radius 1 is 1.52 bits per heavy atom. The summed E-state index contributed by atoms with van der Waals surface area (Å²) >= 11 is 0. The van der Waals surface area contributed by atoms with Gasteiger partial charge < -0.3 is 24.6 Å². The van der Waals surface area contributed by atoms with Gasteiger partial charge in [0.15, 0.2) is 5.82 Å². The zero-order valence-corrected chi connectivity index (χ0v) is 11.7. The number of nitrogens with zero attached hydrogens (tertiary/aromatic N) is 3. The minimum atomic E-state index is -0.936. The molecule has 9 heteroatoms. The van der Waals surface area contributed by atoms with E-state index >= 15 is 0 Å². The summed E-state index contributed by atoms with van der Waals surface area (Å²) in [5.74, 6) is 0.0913. The van der Waals surface area contributed by atoms with Crippen LogP contribution in [0.5, 0.6) is 0 Å². The number of morpholine rings is 1. The summed E-state index contributed by atoms with van der Waals surface area (Å²) in [6.45, 7) is 3.16. The normalized spacial score (nSPS) is 18.5. The summed E-state index contributed by atoms with van der Waals surface area (Å²) in [6, 6.07) is -0.245. The number of carboxylic acid groups (broad SMARTS) is 1. The number of aryl methyl sites for hydroxylation is 1. The molecule has 0 aromatic carbocycles. The van der Waals surface area contributed by atoms with Crippen LogP contribution in [-0.2, 0) is 16.0 Å². The zero-order valence-electron chi connectivity index (χ0n) is 11.7. The number of ether oxygens (including phenoxy) is 1. The van der Waals surface area contributed by atoms with Crippen LogP contribution in [0.25, 0.3) is 0 Å². The number of hydrogen-bond acceptors (Lipinski definition) is 6. The van der Waals surface area contributed by atoms with Crippen LogP contribution in [0.3, 0.4) is 0 Å². The molecule has 116 valence electrons. The Hall–Kier alpha value is -2.16. The van der Waals surface area contributed by atoms with Gasteiger partial charge in [-0.25, -0.2) is 4.79 Å². The smallest absolute Gasteiger partial charge is 0.317 e.